The maximum atomic E-state index is 12.1. The Morgan fingerprint density at radius 2 is 1.61 bits per heavy atom. The molecule has 0 bridgehead atoms. The number of carbonyl (C=O) groups excluding carboxylic acids is 1. The van der Waals surface area contributed by atoms with Crippen LogP contribution in [0, 0.1) is 11.8 Å². The number of hydrogen-bond acceptors (Lipinski definition) is 5. The van der Waals surface area contributed by atoms with Crippen LogP contribution in [0.5, 0.6) is 0 Å². The zero-order chi connectivity index (χ0) is 23.3. The van der Waals surface area contributed by atoms with Crippen LogP contribution in [0.2, 0.25) is 0 Å². The summed E-state index contributed by atoms with van der Waals surface area (Å²) in [5.74, 6) is -0.813. The van der Waals surface area contributed by atoms with E-state index in [-0.39, 0.29) is 12.5 Å². The minimum absolute atomic E-state index is 0.285. The van der Waals surface area contributed by atoms with Crippen molar-refractivity contribution >= 4 is 6.29 Å². The van der Waals surface area contributed by atoms with E-state index in [1.54, 1.807) is 0 Å². The van der Waals surface area contributed by atoms with Gasteiger partial charge in [-0.3, -0.25) is 0 Å². The average molecular weight is 451 g/mol. The van der Waals surface area contributed by atoms with Crippen molar-refractivity contribution in [2.45, 2.75) is 69.7 Å². The van der Waals surface area contributed by atoms with Gasteiger partial charge in [0.05, 0.1) is 19.3 Å². The smallest absolute Gasteiger partial charge is 0.123 e. The predicted molar refractivity (Wildman–Crippen MR) is 126 cm³/mol. The van der Waals surface area contributed by atoms with E-state index in [9.17, 15) is 15.0 Å². The van der Waals surface area contributed by atoms with Crippen LogP contribution in [0.1, 0.15) is 43.7 Å². The van der Waals surface area contributed by atoms with Gasteiger partial charge in [-0.05, 0) is 36.0 Å². The van der Waals surface area contributed by atoms with Gasteiger partial charge in [0, 0.05) is 11.8 Å². The van der Waals surface area contributed by atoms with Crippen LogP contribution in [0.15, 0.2) is 72.3 Å². The molecule has 2 aromatic carbocycles. The van der Waals surface area contributed by atoms with Crippen molar-refractivity contribution in [1.29, 1.82) is 0 Å². The van der Waals surface area contributed by atoms with Crippen LogP contribution in [0.3, 0.4) is 0 Å². The molecule has 176 valence electrons. The third-order valence-corrected chi connectivity index (χ3v) is 7.02. The molecular weight excluding hydrogens is 416 g/mol. The molecule has 2 aliphatic carbocycles. The molecule has 0 heterocycles. The zero-order valence-corrected chi connectivity index (χ0v) is 19.2. The fraction of sp³-hybridized carbons (Fsp3) is 0.464. The lowest BCUT2D eigenvalue weighted by atomic mass is 9.60. The van der Waals surface area contributed by atoms with Crippen LogP contribution in [-0.2, 0) is 27.5 Å². The first-order valence-electron chi connectivity index (χ1n) is 12.0. The summed E-state index contributed by atoms with van der Waals surface area (Å²) in [6.07, 6.45) is 3.03. The molecule has 0 spiro atoms. The Kier molecular flexibility index (Phi) is 7.76. The third-order valence-electron chi connectivity index (χ3n) is 7.02. The Morgan fingerprint density at radius 1 is 1.00 bits per heavy atom. The van der Waals surface area contributed by atoms with E-state index in [0.29, 0.717) is 25.9 Å². The highest BCUT2D eigenvalue weighted by Gasteiger charge is 2.58. The molecule has 2 aliphatic rings. The van der Waals surface area contributed by atoms with Crippen molar-refractivity contribution in [3.63, 3.8) is 0 Å². The van der Waals surface area contributed by atoms with Crippen LogP contribution >= 0.6 is 0 Å². The maximum Gasteiger partial charge on any atom is 0.123 e. The summed E-state index contributed by atoms with van der Waals surface area (Å²) in [6.45, 7) is 2.60. The zero-order valence-electron chi connectivity index (χ0n) is 19.2. The highest BCUT2D eigenvalue weighted by atomic mass is 16.6. The lowest BCUT2D eigenvalue weighted by Crippen LogP contribution is -2.65. The Balaban J connectivity index is 1.69. The summed E-state index contributed by atoms with van der Waals surface area (Å²) in [4.78, 5) is 11.9. The van der Waals surface area contributed by atoms with E-state index in [4.69, 9.17) is 9.47 Å². The molecule has 0 amide bonds. The first kappa shape index (κ1) is 23.8. The van der Waals surface area contributed by atoms with Crippen molar-refractivity contribution in [1.82, 2.24) is 0 Å². The van der Waals surface area contributed by atoms with Gasteiger partial charge in [-0.25, -0.2) is 0 Å². The number of benzene rings is 2. The number of fused-ring (bicyclic) bond motifs is 1. The molecule has 0 saturated heterocycles. The van der Waals surface area contributed by atoms with Crippen molar-refractivity contribution in [2.24, 2.45) is 11.8 Å². The van der Waals surface area contributed by atoms with Crippen molar-refractivity contribution in [3.05, 3.63) is 83.4 Å². The van der Waals surface area contributed by atoms with E-state index in [2.05, 4.69) is 0 Å². The quantitative estimate of drug-likeness (QED) is 0.442. The van der Waals surface area contributed by atoms with E-state index < -0.39 is 29.8 Å². The Morgan fingerprint density at radius 3 is 2.18 bits per heavy atom. The molecular formula is C28H34O5. The molecule has 1 fully saturated rings. The van der Waals surface area contributed by atoms with E-state index in [1.807, 2.05) is 73.7 Å². The number of ether oxygens (including phenoxy) is 2. The molecule has 0 aliphatic heterocycles. The molecule has 5 nitrogen and oxygen atoms in total. The fourth-order valence-electron chi connectivity index (χ4n) is 5.47. The van der Waals surface area contributed by atoms with Crippen molar-refractivity contribution in [3.8, 4) is 0 Å². The minimum atomic E-state index is -1.31. The van der Waals surface area contributed by atoms with Crippen LogP contribution < -0.4 is 0 Å². The standard InChI is InChI=1S/C28H34O5/c1-2-16-28(31)23-15-9-14-22(17-29)24(23)25(30)26(32-18-20-10-5-3-6-11-20)27(28)33-19-21-12-7-4-8-13-21/h3-8,10-13,15,17,22,24-27,30-31H,2,9,14,16,18-19H2,1H3/t22-,24-,25-,26+,27-,28+/m1/s1. The summed E-state index contributed by atoms with van der Waals surface area (Å²) < 4.78 is 12.7. The maximum absolute atomic E-state index is 12.1. The van der Waals surface area contributed by atoms with E-state index in [1.165, 1.54) is 0 Å². The minimum Gasteiger partial charge on any atom is -0.390 e. The molecule has 1 saturated carbocycles. The molecule has 6 atom stereocenters. The Labute approximate surface area is 196 Å². The molecule has 33 heavy (non-hydrogen) atoms. The van der Waals surface area contributed by atoms with Gasteiger partial charge < -0.3 is 24.5 Å². The van der Waals surface area contributed by atoms with Gasteiger partial charge in [0.25, 0.3) is 0 Å². The number of aldehydes is 1. The lowest BCUT2D eigenvalue weighted by Gasteiger charge is -2.53. The highest BCUT2D eigenvalue weighted by Crippen LogP contribution is 2.49. The first-order valence-corrected chi connectivity index (χ1v) is 12.0. The molecule has 0 radical (unpaired) electrons. The van der Waals surface area contributed by atoms with Gasteiger partial charge in [0.15, 0.2) is 0 Å². The lowest BCUT2D eigenvalue weighted by molar-refractivity contribution is -0.224. The fourth-order valence-corrected chi connectivity index (χ4v) is 5.47. The average Bonchev–Trinajstić information content (AvgIpc) is 2.85. The first-order chi connectivity index (χ1) is 16.1. The van der Waals surface area contributed by atoms with Gasteiger partial charge in [0.1, 0.15) is 24.1 Å². The van der Waals surface area contributed by atoms with E-state index in [0.717, 1.165) is 29.4 Å². The molecule has 0 aromatic heterocycles. The number of carbonyl (C=O) groups is 1. The van der Waals surface area contributed by atoms with Gasteiger partial charge in [-0.1, -0.05) is 80.1 Å². The van der Waals surface area contributed by atoms with Crippen LogP contribution in [0.25, 0.3) is 0 Å². The summed E-state index contributed by atoms with van der Waals surface area (Å²) in [5.41, 5.74) is 1.38. The number of rotatable bonds is 9. The Bertz CT molecular complexity index is 928. The van der Waals surface area contributed by atoms with Gasteiger partial charge in [-0.15, -0.1) is 0 Å². The summed E-state index contributed by atoms with van der Waals surface area (Å²) in [7, 11) is 0. The molecule has 5 heteroatoms. The second kappa shape index (κ2) is 10.7. The molecule has 2 aromatic rings. The SMILES string of the molecule is CCC[C@]1(O)C2=CCC[C@H](C=O)[C@H]2[C@@H](O)[C@H](OCc2ccccc2)[C@H]1OCc1ccccc1. The second-order valence-electron chi connectivity index (χ2n) is 9.21. The largest absolute Gasteiger partial charge is 0.390 e. The molecule has 2 N–H and O–H groups in total. The molecule has 0 unspecified atom stereocenters. The van der Waals surface area contributed by atoms with Gasteiger partial charge in [0.2, 0.25) is 0 Å². The van der Waals surface area contributed by atoms with Crippen LogP contribution in [-0.4, -0.2) is 40.4 Å². The number of allylic oxidation sites excluding steroid dienone is 1. The predicted octanol–water partition coefficient (Wildman–Crippen LogP) is 4.21. The van der Waals surface area contributed by atoms with Crippen molar-refractivity contribution in [2.75, 3.05) is 0 Å². The number of aliphatic hydroxyl groups is 2. The van der Waals surface area contributed by atoms with Crippen molar-refractivity contribution < 1.29 is 24.5 Å². The highest BCUT2D eigenvalue weighted by molar-refractivity contribution is 5.57. The van der Waals surface area contributed by atoms with Gasteiger partial charge in [-0.2, -0.15) is 0 Å². The summed E-state index contributed by atoms with van der Waals surface area (Å²) >= 11 is 0. The van der Waals surface area contributed by atoms with Crippen LogP contribution in [0.4, 0.5) is 0 Å². The summed E-state index contributed by atoms with van der Waals surface area (Å²) in [5, 5.41) is 23.6. The number of aliphatic hydroxyl groups excluding tert-OH is 1. The third kappa shape index (κ3) is 4.97. The summed E-state index contributed by atoms with van der Waals surface area (Å²) in [6, 6.07) is 19.6. The number of hydrogen-bond donors (Lipinski definition) is 2. The molecule has 4 rings (SSSR count). The monoisotopic (exact) mass is 450 g/mol. The Hall–Kier alpha value is -2.31. The normalized spacial score (nSPS) is 31.5. The second-order valence-corrected chi connectivity index (χ2v) is 9.21. The van der Waals surface area contributed by atoms with Gasteiger partial charge >= 0.3 is 0 Å². The van der Waals surface area contributed by atoms with E-state index >= 15 is 0 Å². The topological polar surface area (TPSA) is 76.0 Å².